The lowest BCUT2D eigenvalue weighted by Crippen LogP contribution is -2.52. The van der Waals surface area contributed by atoms with Gasteiger partial charge in [-0.25, -0.2) is 13.4 Å². The van der Waals surface area contributed by atoms with Crippen molar-refractivity contribution in [2.75, 3.05) is 51.6 Å². The van der Waals surface area contributed by atoms with Crippen molar-refractivity contribution in [2.24, 2.45) is 0 Å². The van der Waals surface area contributed by atoms with Crippen LogP contribution in [0.15, 0.2) is 47.4 Å². The number of aromatic nitrogens is 1. The van der Waals surface area contributed by atoms with Crippen molar-refractivity contribution in [1.82, 2.24) is 19.1 Å². The molecular weight excluding hydrogens is 454 g/mol. The normalized spacial score (nSPS) is 15.1. The molecule has 0 radical (unpaired) electrons. The number of amides is 2. The summed E-state index contributed by atoms with van der Waals surface area (Å²) >= 11 is 5.84. The highest BCUT2D eigenvalue weighted by molar-refractivity contribution is 7.89. The molecule has 11 heteroatoms. The molecule has 1 aromatic heterocycles. The third kappa shape index (κ3) is 6.26. The van der Waals surface area contributed by atoms with E-state index in [4.69, 9.17) is 11.6 Å². The van der Waals surface area contributed by atoms with Crippen molar-refractivity contribution in [3.63, 3.8) is 0 Å². The molecule has 0 unspecified atom stereocenters. The van der Waals surface area contributed by atoms with Crippen LogP contribution >= 0.6 is 11.6 Å². The largest absolute Gasteiger partial charge is 0.339 e. The third-order valence-corrected chi connectivity index (χ3v) is 7.18. The number of hydrogen-bond donors (Lipinski definition) is 1. The molecule has 1 aliphatic rings. The zero-order chi connectivity index (χ0) is 23.3. The van der Waals surface area contributed by atoms with Gasteiger partial charge in [0, 0.05) is 36.9 Å². The van der Waals surface area contributed by atoms with Gasteiger partial charge in [-0.2, -0.15) is 4.31 Å². The fourth-order valence-electron chi connectivity index (χ4n) is 3.36. The highest BCUT2D eigenvalue weighted by Crippen LogP contribution is 2.20. The molecule has 172 valence electrons. The average molecular weight is 480 g/mol. The number of carbonyl (C=O) groups is 2. The number of hydrogen-bond acceptors (Lipinski definition) is 6. The number of pyridine rings is 1. The minimum Gasteiger partial charge on any atom is -0.339 e. The van der Waals surface area contributed by atoms with Crippen LogP contribution in [0.25, 0.3) is 0 Å². The van der Waals surface area contributed by atoms with Crippen molar-refractivity contribution in [2.45, 2.75) is 11.8 Å². The average Bonchev–Trinajstić information content (AvgIpc) is 2.74. The van der Waals surface area contributed by atoms with Crippen LogP contribution in [0.4, 0.5) is 5.82 Å². The van der Waals surface area contributed by atoms with Crippen LogP contribution in [0, 0.1) is 6.92 Å². The van der Waals surface area contributed by atoms with Gasteiger partial charge in [0.1, 0.15) is 5.82 Å². The van der Waals surface area contributed by atoms with Crippen LogP contribution in [-0.4, -0.2) is 85.6 Å². The summed E-state index contributed by atoms with van der Waals surface area (Å²) in [6.45, 7) is 2.92. The molecule has 1 aliphatic heterocycles. The number of aryl methyl sites for hydroxylation is 1. The van der Waals surface area contributed by atoms with Gasteiger partial charge in [-0.3, -0.25) is 14.5 Å². The number of sulfonamides is 1. The zero-order valence-corrected chi connectivity index (χ0v) is 19.6. The Balaban J connectivity index is 1.47. The monoisotopic (exact) mass is 479 g/mol. The van der Waals surface area contributed by atoms with Crippen molar-refractivity contribution < 1.29 is 18.0 Å². The lowest BCUT2D eigenvalue weighted by Gasteiger charge is -2.34. The first-order valence-electron chi connectivity index (χ1n) is 10.1. The summed E-state index contributed by atoms with van der Waals surface area (Å²) in [5, 5.41) is 3.17. The molecule has 1 N–H and O–H groups in total. The Kier molecular flexibility index (Phi) is 7.83. The van der Waals surface area contributed by atoms with Crippen molar-refractivity contribution in [1.29, 1.82) is 0 Å². The Hall–Kier alpha value is -2.53. The molecule has 1 fully saturated rings. The van der Waals surface area contributed by atoms with Gasteiger partial charge in [0.2, 0.25) is 21.8 Å². The summed E-state index contributed by atoms with van der Waals surface area (Å²) in [5.74, 6) is 0.0440. The molecule has 0 spiro atoms. The first kappa shape index (κ1) is 24.1. The topological polar surface area (TPSA) is 103 Å². The minimum absolute atomic E-state index is 0.0340. The van der Waals surface area contributed by atoms with Gasteiger partial charge in [0.25, 0.3) is 0 Å². The van der Waals surface area contributed by atoms with Crippen LogP contribution in [0.5, 0.6) is 0 Å². The Morgan fingerprint density at radius 1 is 1.06 bits per heavy atom. The van der Waals surface area contributed by atoms with Crippen LogP contribution in [0.3, 0.4) is 0 Å². The number of anilines is 1. The number of likely N-dealkylation sites (N-methyl/N-ethyl adjacent to an activating group) is 1. The van der Waals surface area contributed by atoms with E-state index in [1.165, 1.54) is 28.6 Å². The Morgan fingerprint density at radius 2 is 1.72 bits per heavy atom. The molecule has 2 amide bonds. The molecular formula is C21H26ClN5O4S. The van der Waals surface area contributed by atoms with Gasteiger partial charge in [-0.05, 0) is 50.4 Å². The molecule has 0 saturated carbocycles. The second-order valence-electron chi connectivity index (χ2n) is 7.62. The van der Waals surface area contributed by atoms with Gasteiger partial charge in [0.05, 0.1) is 18.0 Å². The van der Waals surface area contributed by atoms with E-state index in [1.807, 2.05) is 13.0 Å². The molecule has 0 atom stereocenters. The summed E-state index contributed by atoms with van der Waals surface area (Å²) in [6.07, 6.45) is 0. The molecule has 3 rings (SSSR count). The predicted molar refractivity (Wildman–Crippen MR) is 122 cm³/mol. The quantitative estimate of drug-likeness (QED) is 0.644. The highest BCUT2D eigenvalue weighted by atomic mass is 35.5. The van der Waals surface area contributed by atoms with Crippen LogP contribution in [0.2, 0.25) is 5.02 Å². The molecule has 2 heterocycles. The van der Waals surface area contributed by atoms with Crippen LogP contribution in [0.1, 0.15) is 5.69 Å². The number of rotatable bonds is 7. The van der Waals surface area contributed by atoms with E-state index in [-0.39, 0.29) is 42.9 Å². The summed E-state index contributed by atoms with van der Waals surface area (Å²) in [4.78, 5) is 32.4. The molecule has 1 aromatic carbocycles. The van der Waals surface area contributed by atoms with E-state index in [9.17, 15) is 18.0 Å². The second-order valence-corrected chi connectivity index (χ2v) is 10.00. The van der Waals surface area contributed by atoms with Gasteiger partial charge in [-0.1, -0.05) is 17.7 Å². The van der Waals surface area contributed by atoms with Gasteiger partial charge < -0.3 is 10.2 Å². The van der Waals surface area contributed by atoms with E-state index >= 15 is 0 Å². The number of nitrogens with zero attached hydrogens (tertiary/aromatic N) is 4. The fourth-order valence-corrected chi connectivity index (χ4v) is 4.91. The van der Waals surface area contributed by atoms with Crippen LogP contribution < -0.4 is 5.32 Å². The van der Waals surface area contributed by atoms with E-state index < -0.39 is 10.0 Å². The van der Waals surface area contributed by atoms with E-state index in [1.54, 1.807) is 29.0 Å². The Bertz CT molecular complexity index is 1070. The van der Waals surface area contributed by atoms with E-state index in [0.717, 1.165) is 5.69 Å². The van der Waals surface area contributed by atoms with Crippen molar-refractivity contribution >= 4 is 39.3 Å². The molecule has 0 bridgehead atoms. The zero-order valence-electron chi connectivity index (χ0n) is 18.0. The van der Waals surface area contributed by atoms with Crippen molar-refractivity contribution in [3.05, 3.63) is 53.2 Å². The first-order valence-corrected chi connectivity index (χ1v) is 11.9. The fraction of sp³-hybridized carbons (Fsp3) is 0.381. The summed E-state index contributed by atoms with van der Waals surface area (Å²) < 4.78 is 26.9. The Morgan fingerprint density at radius 3 is 2.34 bits per heavy atom. The number of nitrogens with one attached hydrogen (secondary N) is 1. The molecule has 0 aliphatic carbocycles. The third-order valence-electron chi connectivity index (χ3n) is 5.02. The minimum atomic E-state index is -3.63. The van der Waals surface area contributed by atoms with Gasteiger partial charge >= 0.3 is 0 Å². The lowest BCUT2D eigenvalue weighted by atomic mass is 10.3. The number of piperazine rings is 1. The first-order chi connectivity index (χ1) is 15.1. The smallest absolute Gasteiger partial charge is 0.243 e. The lowest BCUT2D eigenvalue weighted by molar-refractivity contribution is -0.133. The summed E-state index contributed by atoms with van der Waals surface area (Å²) in [7, 11) is -1.95. The predicted octanol–water partition coefficient (Wildman–Crippen LogP) is 1.45. The molecule has 2 aromatic rings. The van der Waals surface area contributed by atoms with Crippen molar-refractivity contribution in [3.8, 4) is 0 Å². The number of halogens is 1. The Labute approximate surface area is 193 Å². The number of carbonyl (C=O) groups excluding carboxylic acids is 2. The van der Waals surface area contributed by atoms with Gasteiger partial charge in [-0.15, -0.1) is 0 Å². The molecule has 1 saturated heterocycles. The SMILES string of the molecule is Cc1cccc(NC(=O)CN(C)CC(=O)N2CCN(S(=O)(=O)c3ccc(Cl)cc3)CC2)n1. The molecule has 9 nitrogen and oxygen atoms in total. The van der Waals surface area contributed by atoms with Crippen LogP contribution in [-0.2, 0) is 19.6 Å². The maximum atomic E-state index is 12.8. The van der Waals surface area contributed by atoms with Gasteiger partial charge in [0.15, 0.2) is 0 Å². The second kappa shape index (κ2) is 10.4. The summed E-state index contributed by atoms with van der Waals surface area (Å²) in [5.41, 5.74) is 0.795. The molecule has 32 heavy (non-hydrogen) atoms. The highest BCUT2D eigenvalue weighted by Gasteiger charge is 2.30. The maximum absolute atomic E-state index is 12.8. The van der Waals surface area contributed by atoms with E-state index in [0.29, 0.717) is 23.9 Å². The maximum Gasteiger partial charge on any atom is 0.243 e. The summed E-state index contributed by atoms with van der Waals surface area (Å²) in [6, 6.07) is 11.4. The standard InChI is InChI=1S/C21H26ClN5O4S/c1-16-4-3-5-19(23-16)24-20(28)14-25(2)15-21(29)26-10-12-27(13-11-26)32(30,31)18-8-6-17(22)7-9-18/h3-9H,10-15H2,1-2H3,(H,23,24,28). The van der Waals surface area contributed by atoms with E-state index in [2.05, 4.69) is 10.3 Å². The number of benzene rings is 1.